The van der Waals surface area contributed by atoms with Crippen molar-refractivity contribution >= 4 is 40.7 Å². The number of fused-ring (bicyclic) bond motifs is 2. The third kappa shape index (κ3) is 3.62. The standard InChI is InChI=1S/C28H25Cl2FN2O3/c1-16-6-8-20(31)14-21(16)26-28(22-9-7-19(30)13-24(22)33(10-11-34)27(28)36)23(15-25(35)32(26)2)17-4-3-5-18(29)12-17/h3-9,12-14,23,26,34H,10-11,15H2,1-2H3. The van der Waals surface area contributed by atoms with Crippen molar-refractivity contribution in [3.05, 3.63) is 98.8 Å². The van der Waals surface area contributed by atoms with Crippen LogP contribution in [0.25, 0.3) is 0 Å². The molecule has 8 heteroatoms. The first kappa shape index (κ1) is 24.8. The van der Waals surface area contributed by atoms with Crippen molar-refractivity contribution in [3.63, 3.8) is 0 Å². The van der Waals surface area contributed by atoms with Gasteiger partial charge in [0.1, 0.15) is 11.2 Å². The molecule has 3 aromatic rings. The molecule has 1 N–H and O–H groups in total. The Morgan fingerprint density at radius 1 is 1.06 bits per heavy atom. The van der Waals surface area contributed by atoms with Crippen LogP contribution in [0.4, 0.5) is 10.1 Å². The molecule has 186 valence electrons. The Balaban J connectivity index is 1.89. The van der Waals surface area contributed by atoms with Gasteiger partial charge in [0, 0.05) is 41.7 Å². The Labute approximate surface area is 219 Å². The second kappa shape index (κ2) is 9.18. The van der Waals surface area contributed by atoms with Gasteiger partial charge < -0.3 is 14.9 Å². The highest BCUT2D eigenvalue weighted by molar-refractivity contribution is 6.31. The van der Waals surface area contributed by atoms with Gasteiger partial charge in [0.05, 0.1) is 12.6 Å². The van der Waals surface area contributed by atoms with Gasteiger partial charge in [-0.1, -0.05) is 47.5 Å². The lowest BCUT2D eigenvalue weighted by atomic mass is 9.58. The molecular formula is C28H25Cl2FN2O3. The molecule has 3 unspecified atom stereocenters. The third-order valence-electron chi connectivity index (χ3n) is 7.55. The zero-order valence-electron chi connectivity index (χ0n) is 19.8. The van der Waals surface area contributed by atoms with Crippen LogP contribution in [0.5, 0.6) is 0 Å². The quantitative estimate of drug-likeness (QED) is 0.494. The van der Waals surface area contributed by atoms with E-state index in [9.17, 15) is 19.1 Å². The zero-order valence-corrected chi connectivity index (χ0v) is 21.4. The van der Waals surface area contributed by atoms with Gasteiger partial charge in [-0.25, -0.2) is 4.39 Å². The highest BCUT2D eigenvalue weighted by Gasteiger charge is 2.64. The van der Waals surface area contributed by atoms with Gasteiger partial charge in [-0.2, -0.15) is 0 Å². The van der Waals surface area contributed by atoms with Crippen molar-refractivity contribution in [2.75, 3.05) is 25.1 Å². The van der Waals surface area contributed by atoms with Crippen molar-refractivity contribution in [1.29, 1.82) is 0 Å². The molecule has 5 rings (SSSR count). The summed E-state index contributed by atoms with van der Waals surface area (Å²) in [5, 5.41) is 10.8. The van der Waals surface area contributed by atoms with E-state index in [1.165, 1.54) is 17.0 Å². The Morgan fingerprint density at radius 2 is 1.81 bits per heavy atom. The number of piperidine rings is 1. The number of benzene rings is 3. The number of anilines is 1. The number of aliphatic hydroxyl groups excluding tert-OH is 1. The second-order valence-electron chi connectivity index (χ2n) is 9.43. The minimum atomic E-state index is -1.30. The van der Waals surface area contributed by atoms with E-state index in [4.69, 9.17) is 23.2 Å². The summed E-state index contributed by atoms with van der Waals surface area (Å²) in [6.45, 7) is 1.65. The predicted molar refractivity (Wildman–Crippen MR) is 138 cm³/mol. The first-order valence-electron chi connectivity index (χ1n) is 11.7. The van der Waals surface area contributed by atoms with E-state index in [1.807, 2.05) is 19.1 Å². The van der Waals surface area contributed by atoms with Gasteiger partial charge >= 0.3 is 0 Å². The van der Waals surface area contributed by atoms with Crippen molar-refractivity contribution in [2.24, 2.45) is 0 Å². The summed E-state index contributed by atoms with van der Waals surface area (Å²) in [5.74, 6) is -1.48. The summed E-state index contributed by atoms with van der Waals surface area (Å²) in [6, 6.07) is 16.0. The van der Waals surface area contributed by atoms with Crippen LogP contribution < -0.4 is 4.90 Å². The Hall–Kier alpha value is -2.93. The molecule has 2 aliphatic rings. The van der Waals surface area contributed by atoms with Crippen LogP contribution in [0.15, 0.2) is 60.7 Å². The van der Waals surface area contributed by atoms with Crippen LogP contribution >= 0.6 is 23.2 Å². The van der Waals surface area contributed by atoms with Crippen molar-refractivity contribution in [2.45, 2.75) is 30.7 Å². The van der Waals surface area contributed by atoms with Gasteiger partial charge in [0.2, 0.25) is 11.8 Å². The maximum atomic E-state index is 14.7. The Morgan fingerprint density at radius 3 is 2.53 bits per heavy atom. The van der Waals surface area contributed by atoms with Crippen LogP contribution in [0.3, 0.4) is 0 Å². The van der Waals surface area contributed by atoms with Crippen molar-refractivity contribution in [3.8, 4) is 0 Å². The molecule has 2 aliphatic heterocycles. The molecule has 36 heavy (non-hydrogen) atoms. The first-order chi connectivity index (χ1) is 17.2. The predicted octanol–water partition coefficient (Wildman–Crippen LogP) is 5.40. The van der Waals surface area contributed by atoms with Gasteiger partial charge in [0.25, 0.3) is 0 Å². The first-order valence-corrected chi connectivity index (χ1v) is 12.5. The summed E-state index contributed by atoms with van der Waals surface area (Å²) in [6.07, 6.45) is 0.0580. The van der Waals surface area contributed by atoms with E-state index >= 15 is 0 Å². The highest BCUT2D eigenvalue weighted by Crippen LogP contribution is 2.61. The molecular weight excluding hydrogens is 502 g/mol. The van der Waals surface area contributed by atoms with Gasteiger partial charge in [-0.15, -0.1) is 0 Å². The van der Waals surface area contributed by atoms with Crippen molar-refractivity contribution < 1.29 is 19.1 Å². The van der Waals surface area contributed by atoms with E-state index < -0.39 is 23.2 Å². The molecule has 2 amide bonds. The number of halogens is 3. The maximum Gasteiger partial charge on any atom is 0.240 e. The lowest BCUT2D eigenvalue weighted by molar-refractivity contribution is -0.144. The van der Waals surface area contributed by atoms with E-state index in [0.29, 0.717) is 26.9 Å². The molecule has 1 spiro atoms. The largest absolute Gasteiger partial charge is 0.395 e. The number of carbonyl (C=O) groups excluding carboxylic acids is 2. The Kier molecular flexibility index (Phi) is 6.31. The summed E-state index contributed by atoms with van der Waals surface area (Å²) in [5.41, 5.74) is 2.01. The van der Waals surface area contributed by atoms with Crippen LogP contribution in [0.2, 0.25) is 10.0 Å². The average molecular weight is 527 g/mol. The minimum absolute atomic E-state index is 0.0580. The molecule has 0 aromatic heterocycles. The fourth-order valence-electron chi connectivity index (χ4n) is 6.03. The fourth-order valence-corrected chi connectivity index (χ4v) is 6.40. The normalized spacial score (nSPS) is 23.5. The number of β-amino-alcohol motifs (C(OH)–C–C–N with tert-alkyl or cyclic N) is 1. The van der Waals surface area contributed by atoms with Gasteiger partial charge in [0.15, 0.2) is 0 Å². The van der Waals surface area contributed by atoms with Crippen LogP contribution in [0, 0.1) is 12.7 Å². The summed E-state index contributed by atoms with van der Waals surface area (Å²) < 4.78 is 14.7. The topological polar surface area (TPSA) is 60.9 Å². The summed E-state index contributed by atoms with van der Waals surface area (Å²) in [7, 11) is 1.66. The summed E-state index contributed by atoms with van der Waals surface area (Å²) >= 11 is 12.7. The van der Waals surface area contributed by atoms with Crippen LogP contribution in [0.1, 0.15) is 40.6 Å². The number of hydrogen-bond donors (Lipinski definition) is 1. The molecule has 3 atom stereocenters. The van der Waals surface area contributed by atoms with E-state index in [2.05, 4.69) is 0 Å². The number of hydrogen-bond acceptors (Lipinski definition) is 3. The number of rotatable bonds is 4. The fraction of sp³-hybridized carbons (Fsp3) is 0.286. The zero-order chi connectivity index (χ0) is 25.8. The molecule has 0 radical (unpaired) electrons. The molecule has 1 fully saturated rings. The molecule has 5 nitrogen and oxygen atoms in total. The number of aliphatic hydroxyl groups is 1. The van der Waals surface area contributed by atoms with Gasteiger partial charge in [-0.3, -0.25) is 9.59 Å². The number of amides is 2. The third-order valence-corrected chi connectivity index (χ3v) is 8.02. The van der Waals surface area contributed by atoms with E-state index in [1.54, 1.807) is 48.3 Å². The molecule has 1 saturated heterocycles. The molecule has 0 aliphatic carbocycles. The lowest BCUT2D eigenvalue weighted by Gasteiger charge is -2.51. The number of likely N-dealkylation sites (tertiary alicyclic amines) is 1. The van der Waals surface area contributed by atoms with Crippen molar-refractivity contribution in [1.82, 2.24) is 4.90 Å². The van der Waals surface area contributed by atoms with Crippen LogP contribution in [-0.2, 0) is 15.0 Å². The Bertz CT molecular complexity index is 1380. The number of nitrogens with zero attached hydrogens (tertiary/aromatic N) is 2. The number of carbonyl (C=O) groups is 2. The summed E-state index contributed by atoms with van der Waals surface area (Å²) in [4.78, 5) is 31.2. The average Bonchev–Trinajstić information content (AvgIpc) is 3.07. The highest BCUT2D eigenvalue weighted by atomic mass is 35.5. The molecule has 2 heterocycles. The van der Waals surface area contributed by atoms with Crippen LogP contribution in [-0.4, -0.2) is 42.0 Å². The molecule has 3 aromatic carbocycles. The smallest absolute Gasteiger partial charge is 0.240 e. The van der Waals surface area contributed by atoms with E-state index in [0.717, 1.165) is 11.1 Å². The SMILES string of the molecule is Cc1ccc(F)cc1C1N(C)C(=O)CC(c2cccc(Cl)c2)C12C(=O)N(CCO)c1cc(Cl)ccc12. The number of likely N-dealkylation sites (N-methyl/N-ethyl adjacent to an activating group) is 1. The van der Waals surface area contributed by atoms with E-state index in [-0.39, 0.29) is 31.4 Å². The molecule has 0 bridgehead atoms. The monoisotopic (exact) mass is 526 g/mol. The van der Waals surface area contributed by atoms with Gasteiger partial charge in [-0.05, 0) is 65.6 Å². The lowest BCUT2D eigenvalue weighted by Crippen LogP contribution is -2.58. The molecule has 0 saturated carbocycles. The number of aryl methyl sites for hydroxylation is 1. The second-order valence-corrected chi connectivity index (χ2v) is 10.3. The maximum absolute atomic E-state index is 14.7. The minimum Gasteiger partial charge on any atom is -0.395 e.